The molecular formula is C15H25NO3S. The first kappa shape index (κ1) is 17.0. The molecule has 0 unspecified atom stereocenters. The highest BCUT2D eigenvalue weighted by molar-refractivity contribution is 7.99. The minimum atomic E-state index is 0.672. The van der Waals surface area contributed by atoms with Crippen molar-refractivity contribution in [2.24, 2.45) is 0 Å². The quantitative estimate of drug-likeness (QED) is 0.673. The Balaban J connectivity index is 2.76. The van der Waals surface area contributed by atoms with Crippen LogP contribution in [0.2, 0.25) is 0 Å². The SMILES string of the molecule is CCSCCCOc1c(OC)cc(CNC)cc1OC. The molecule has 0 saturated carbocycles. The molecule has 0 bridgehead atoms. The molecule has 0 amide bonds. The first-order valence-electron chi connectivity index (χ1n) is 6.86. The van der Waals surface area contributed by atoms with E-state index in [1.807, 2.05) is 30.9 Å². The molecule has 0 saturated heterocycles. The van der Waals surface area contributed by atoms with Crippen LogP contribution in [0.15, 0.2) is 12.1 Å². The second kappa shape index (κ2) is 9.77. The third kappa shape index (κ3) is 5.13. The van der Waals surface area contributed by atoms with Gasteiger partial charge in [-0.1, -0.05) is 6.92 Å². The minimum absolute atomic E-state index is 0.672. The van der Waals surface area contributed by atoms with Crippen molar-refractivity contribution in [1.82, 2.24) is 5.32 Å². The third-order valence-corrected chi connectivity index (χ3v) is 3.77. The number of thioether (sulfide) groups is 1. The summed E-state index contributed by atoms with van der Waals surface area (Å²) in [6, 6.07) is 3.96. The number of methoxy groups -OCH3 is 2. The Bertz CT molecular complexity index is 374. The van der Waals surface area contributed by atoms with Crippen LogP contribution in [-0.2, 0) is 6.54 Å². The summed E-state index contributed by atoms with van der Waals surface area (Å²) in [5.74, 6) is 4.39. The van der Waals surface area contributed by atoms with Gasteiger partial charge in [0, 0.05) is 6.54 Å². The fourth-order valence-corrected chi connectivity index (χ4v) is 2.47. The minimum Gasteiger partial charge on any atom is -0.493 e. The lowest BCUT2D eigenvalue weighted by molar-refractivity contribution is 0.275. The summed E-state index contributed by atoms with van der Waals surface area (Å²) >= 11 is 1.92. The molecule has 4 nitrogen and oxygen atoms in total. The molecule has 0 aliphatic carbocycles. The Kier molecular flexibility index (Phi) is 8.30. The highest BCUT2D eigenvalue weighted by Gasteiger charge is 2.13. The molecule has 0 heterocycles. The van der Waals surface area contributed by atoms with Crippen molar-refractivity contribution in [1.29, 1.82) is 0 Å². The Labute approximate surface area is 126 Å². The van der Waals surface area contributed by atoms with Crippen LogP contribution in [-0.4, -0.2) is 39.4 Å². The van der Waals surface area contributed by atoms with Crippen molar-refractivity contribution >= 4 is 11.8 Å². The predicted octanol–water partition coefficient (Wildman–Crippen LogP) is 2.95. The molecule has 1 rings (SSSR count). The van der Waals surface area contributed by atoms with Crippen LogP contribution in [0.25, 0.3) is 0 Å². The summed E-state index contributed by atoms with van der Waals surface area (Å²) in [5.41, 5.74) is 1.11. The molecule has 1 aromatic rings. The molecule has 20 heavy (non-hydrogen) atoms. The second-order valence-corrected chi connectivity index (χ2v) is 5.65. The third-order valence-electron chi connectivity index (χ3n) is 2.78. The molecule has 1 aromatic carbocycles. The monoisotopic (exact) mass is 299 g/mol. The number of ether oxygens (including phenoxy) is 3. The standard InChI is InChI=1S/C15H25NO3S/c1-5-20-8-6-7-19-15-13(17-3)9-12(11-16-2)10-14(15)18-4/h9-10,16H,5-8,11H2,1-4H3. The van der Waals surface area contributed by atoms with Crippen LogP contribution in [0.1, 0.15) is 18.9 Å². The van der Waals surface area contributed by atoms with E-state index >= 15 is 0 Å². The van der Waals surface area contributed by atoms with E-state index in [1.165, 1.54) is 0 Å². The zero-order valence-corrected chi connectivity index (χ0v) is 13.6. The van der Waals surface area contributed by atoms with Crippen LogP contribution in [0.3, 0.4) is 0 Å². The fourth-order valence-electron chi connectivity index (χ4n) is 1.86. The average molecular weight is 299 g/mol. The van der Waals surface area contributed by atoms with Gasteiger partial charge in [0.1, 0.15) is 0 Å². The Morgan fingerprint density at radius 2 is 1.80 bits per heavy atom. The largest absolute Gasteiger partial charge is 0.493 e. The van der Waals surface area contributed by atoms with Crippen LogP contribution < -0.4 is 19.5 Å². The van der Waals surface area contributed by atoms with E-state index in [0.29, 0.717) is 12.4 Å². The number of rotatable bonds is 10. The van der Waals surface area contributed by atoms with E-state index in [0.717, 1.165) is 41.5 Å². The van der Waals surface area contributed by atoms with E-state index in [4.69, 9.17) is 14.2 Å². The summed E-state index contributed by atoms with van der Waals surface area (Å²) in [6.07, 6.45) is 1.02. The van der Waals surface area contributed by atoms with Gasteiger partial charge in [0.05, 0.1) is 20.8 Å². The molecular weight excluding hydrogens is 274 g/mol. The van der Waals surface area contributed by atoms with Gasteiger partial charge in [-0.15, -0.1) is 0 Å². The zero-order chi connectivity index (χ0) is 14.8. The lowest BCUT2D eigenvalue weighted by atomic mass is 10.2. The molecule has 5 heteroatoms. The Hall–Kier alpha value is -1.07. The van der Waals surface area contributed by atoms with Gasteiger partial charge in [0.15, 0.2) is 11.5 Å². The lowest BCUT2D eigenvalue weighted by Gasteiger charge is -2.16. The molecule has 114 valence electrons. The summed E-state index contributed by atoms with van der Waals surface area (Å²) in [6.45, 7) is 3.60. The summed E-state index contributed by atoms with van der Waals surface area (Å²) in [5, 5.41) is 3.12. The normalized spacial score (nSPS) is 10.4. The first-order valence-corrected chi connectivity index (χ1v) is 8.02. The maximum absolute atomic E-state index is 5.85. The average Bonchev–Trinajstić information content (AvgIpc) is 2.47. The molecule has 0 aliphatic rings. The lowest BCUT2D eigenvalue weighted by Crippen LogP contribution is -2.07. The molecule has 0 spiro atoms. The van der Waals surface area contributed by atoms with E-state index in [9.17, 15) is 0 Å². The van der Waals surface area contributed by atoms with Crippen molar-refractivity contribution < 1.29 is 14.2 Å². The highest BCUT2D eigenvalue weighted by Crippen LogP contribution is 2.38. The van der Waals surface area contributed by atoms with Gasteiger partial charge in [0.2, 0.25) is 5.75 Å². The van der Waals surface area contributed by atoms with Crippen molar-refractivity contribution in [3.8, 4) is 17.2 Å². The van der Waals surface area contributed by atoms with Crippen LogP contribution in [0.5, 0.6) is 17.2 Å². The van der Waals surface area contributed by atoms with Crippen LogP contribution in [0.4, 0.5) is 0 Å². The molecule has 0 atom stereocenters. The van der Waals surface area contributed by atoms with E-state index in [1.54, 1.807) is 14.2 Å². The van der Waals surface area contributed by atoms with Crippen molar-refractivity contribution in [3.05, 3.63) is 17.7 Å². The van der Waals surface area contributed by atoms with Gasteiger partial charge >= 0.3 is 0 Å². The predicted molar refractivity (Wildman–Crippen MR) is 85.4 cm³/mol. The second-order valence-electron chi connectivity index (χ2n) is 4.26. The van der Waals surface area contributed by atoms with Crippen LogP contribution >= 0.6 is 11.8 Å². The van der Waals surface area contributed by atoms with E-state index in [2.05, 4.69) is 12.2 Å². The smallest absolute Gasteiger partial charge is 0.203 e. The van der Waals surface area contributed by atoms with Gasteiger partial charge < -0.3 is 19.5 Å². The summed E-state index contributed by atoms with van der Waals surface area (Å²) < 4.78 is 16.7. The molecule has 1 N–H and O–H groups in total. The number of hydrogen-bond acceptors (Lipinski definition) is 5. The Morgan fingerprint density at radius 3 is 2.30 bits per heavy atom. The zero-order valence-electron chi connectivity index (χ0n) is 12.8. The maximum atomic E-state index is 5.85. The molecule has 0 aromatic heterocycles. The number of benzene rings is 1. The summed E-state index contributed by atoms with van der Waals surface area (Å²) in [4.78, 5) is 0. The Morgan fingerprint density at radius 1 is 1.15 bits per heavy atom. The van der Waals surface area contributed by atoms with Gasteiger partial charge in [-0.05, 0) is 42.7 Å². The van der Waals surface area contributed by atoms with Crippen molar-refractivity contribution in [2.75, 3.05) is 39.4 Å². The fraction of sp³-hybridized carbons (Fsp3) is 0.600. The number of hydrogen-bond donors (Lipinski definition) is 1. The maximum Gasteiger partial charge on any atom is 0.203 e. The van der Waals surface area contributed by atoms with Gasteiger partial charge in [-0.2, -0.15) is 11.8 Å². The molecule has 0 radical (unpaired) electrons. The van der Waals surface area contributed by atoms with Gasteiger partial charge in [-0.3, -0.25) is 0 Å². The van der Waals surface area contributed by atoms with E-state index < -0.39 is 0 Å². The van der Waals surface area contributed by atoms with Crippen molar-refractivity contribution in [3.63, 3.8) is 0 Å². The molecule has 0 fully saturated rings. The number of nitrogens with one attached hydrogen (secondary N) is 1. The topological polar surface area (TPSA) is 39.7 Å². The van der Waals surface area contributed by atoms with E-state index in [-0.39, 0.29) is 0 Å². The molecule has 0 aliphatic heterocycles. The highest BCUT2D eigenvalue weighted by atomic mass is 32.2. The van der Waals surface area contributed by atoms with Crippen LogP contribution in [0, 0.1) is 0 Å². The summed E-state index contributed by atoms with van der Waals surface area (Å²) in [7, 11) is 5.21. The van der Waals surface area contributed by atoms with Gasteiger partial charge in [0.25, 0.3) is 0 Å². The van der Waals surface area contributed by atoms with Crippen molar-refractivity contribution in [2.45, 2.75) is 19.9 Å². The first-order chi connectivity index (χ1) is 9.76. The van der Waals surface area contributed by atoms with Gasteiger partial charge in [-0.25, -0.2) is 0 Å².